The van der Waals surface area contributed by atoms with Gasteiger partial charge in [-0.1, -0.05) is 12.1 Å². The van der Waals surface area contributed by atoms with Crippen molar-refractivity contribution in [3.8, 4) is 0 Å². The average Bonchev–Trinajstić information content (AvgIpc) is 2.76. The Morgan fingerprint density at radius 3 is 2.24 bits per heavy atom. The van der Waals surface area contributed by atoms with Crippen LogP contribution in [0.3, 0.4) is 0 Å². The van der Waals surface area contributed by atoms with Gasteiger partial charge in [-0.2, -0.15) is 0 Å². The number of anilines is 3. The molecule has 1 aliphatic heterocycles. The molecule has 2 heterocycles. The second-order valence-electron chi connectivity index (χ2n) is 6.66. The van der Waals surface area contributed by atoms with E-state index >= 15 is 0 Å². The number of piperazine rings is 1. The lowest BCUT2D eigenvalue weighted by molar-refractivity contribution is 0.0739. The molecule has 148 valence electrons. The highest BCUT2D eigenvalue weighted by molar-refractivity contribution is 5.92. The van der Waals surface area contributed by atoms with Gasteiger partial charge in [-0.3, -0.25) is 4.79 Å². The number of hydrogen-bond acceptors (Lipinski definition) is 5. The van der Waals surface area contributed by atoms with Gasteiger partial charge in [0.25, 0.3) is 5.91 Å². The molecule has 0 unspecified atom stereocenters. The first kappa shape index (κ1) is 18.8. The van der Waals surface area contributed by atoms with Crippen molar-refractivity contribution in [2.45, 2.75) is 0 Å². The van der Waals surface area contributed by atoms with Crippen LogP contribution in [0.5, 0.6) is 0 Å². The Labute approximate surface area is 166 Å². The third-order valence-corrected chi connectivity index (χ3v) is 4.78. The minimum Gasteiger partial charge on any atom is -0.368 e. The van der Waals surface area contributed by atoms with Crippen LogP contribution in [0.1, 0.15) is 10.5 Å². The van der Waals surface area contributed by atoms with Gasteiger partial charge < -0.3 is 15.1 Å². The Balaban J connectivity index is 1.36. The van der Waals surface area contributed by atoms with E-state index in [-0.39, 0.29) is 23.1 Å². The molecule has 1 amide bonds. The number of halogens is 2. The van der Waals surface area contributed by atoms with Gasteiger partial charge in [0.2, 0.25) is 0 Å². The summed E-state index contributed by atoms with van der Waals surface area (Å²) in [7, 11) is 0. The summed E-state index contributed by atoms with van der Waals surface area (Å²) in [5, 5.41) is 10.8. The number of aromatic nitrogens is 2. The second kappa shape index (κ2) is 8.22. The van der Waals surface area contributed by atoms with E-state index in [0.29, 0.717) is 32.0 Å². The maximum atomic E-state index is 13.7. The number of hydrogen-bond donors (Lipinski definition) is 1. The van der Waals surface area contributed by atoms with Crippen LogP contribution in [-0.4, -0.2) is 47.2 Å². The van der Waals surface area contributed by atoms with Crippen molar-refractivity contribution in [1.82, 2.24) is 15.1 Å². The molecular weight excluding hydrogens is 376 g/mol. The number of carbonyl (C=O) groups excluding carboxylic acids is 1. The molecule has 8 heteroatoms. The van der Waals surface area contributed by atoms with E-state index < -0.39 is 5.82 Å². The molecule has 1 aliphatic rings. The first-order valence-electron chi connectivity index (χ1n) is 9.25. The second-order valence-corrected chi connectivity index (χ2v) is 6.66. The third kappa shape index (κ3) is 4.31. The van der Waals surface area contributed by atoms with Gasteiger partial charge in [0.05, 0.1) is 5.69 Å². The zero-order valence-corrected chi connectivity index (χ0v) is 15.6. The molecule has 1 aromatic heterocycles. The summed E-state index contributed by atoms with van der Waals surface area (Å²) in [6.07, 6.45) is 0. The number of nitrogens with zero attached hydrogens (tertiary/aromatic N) is 4. The highest BCUT2D eigenvalue weighted by Crippen LogP contribution is 2.19. The molecule has 3 aromatic rings. The van der Waals surface area contributed by atoms with Crippen molar-refractivity contribution in [2.75, 3.05) is 36.4 Å². The van der Waals surface area contributed by atoms with E-state index in [4.69, 9.17) is 0 Å². The van der Waals surface area contributed by atoms with Crippen LogP contribution in [0.2, 0.25) is 0 Å². The predicted molar refractivity (Wildman–Crippen MR) is 106 cm³/mol. The Kier molecular flexibility index (Phi) is 5.33. The summed E-state index contributed by atoms with van der Waals surface area (Å²) in [6.45, 7) is 2.37. The molecule has 0 spiro atoms. The fourth-order valence-corrected chi connectivity index (χ4v) is 3.20. The summed E-state index contributed by atoms with van der Waals surface area (Å²) in [4.78, 5) is 16.5. The minimum absolute atomic E-state index is 0.200. The zero-order valence-electron chi connectivity index (χ0n) is 15.6. The van der Waals surface area contributed by atoms with Crippen LogP contribution < -0.4 is 10.2 Å². The summed E-state index contributed by atoms with van der Waals surface area (Å²) < 4.78 is 26.8. The van der Waals surface area contributed by atoms with Crippen LogP contribution >= 0.6 is 0 Å². The number of nitrogens with one attached hydrogen (secondary N) is 1. The predicted octanol–water partition coefficient (Wildman–Crippen LogP) is 3.46. The topological polar surface area (TPSA) is 61.4 Å². The summed E-state index contributed by atoms with van der Waals surface area (Å²) in [6, 6.07) is 15.8. The molecule has 1 N–H and O–H groups in total. The first-order chi connectivity index (χ1) is 14.1. The smallest absolute Gasteiger partial charge is 0.274 e. The molecule has 0 saturated carbocycles. The van der Waals surface area contributed by atoms with E-state index in [1.807, 2.05) is 0 Å². The Hall–Kier alpha value is -3.55. The van der Waals surface area contributed by atoms with Gasteiger partial charge >= 0.3 is 0 Å². The lowest BCUT2D eigenvalue weighted by Gasteiger charge is -2.35. The number of carbonyl (C=O) groups is 1. The summed E-state index contributed by atoms with van der Waals surface area (Å²) in [5.41, 5.74) is 1.46. The maximum absolute atomic E-state index is 13.7. The van der Waals surface area contributed by atoms with Crippen molar-refractivity contribution >= 4 is 23.1 Å². The Morgan fingerprint density at radius 2 is 1.59 bits per heavy atom. The number of rotatable bonds is 4. The Bertz CT molecular complexity index is 987. The van der Waals surface area contributed by atoms with Crippen molar-refractivity contribution in [3.05, 3.63) is 78.0 Å². The van der Waals surface area contributed by atoms with Crippen molar-refractivity contribution in [2.24, 2.45) is 0 Å². The average molecular weight is 395 g/mol. The van der Waals surface area contributed by atoms with E-state index in [2.05, 4.69) is 20.4 Å². The number of amides is 1. The SMILES string of the molecule is O=C(c1ccc(Nc2ccccc2F)nn1)N1CCN(c2ccc(F)cc2)CC1. The molecule has 2 aromatic carbocycles. The molecule has 0 aliphatic carbocycles. The van der Waals surface area contributed by atoms with E-state index in [1.165, 1.54) is 18.2 Å². The molecular formula is C21H19F2N5O. The van der Waals surface area contributed by atoms with Crippen LogP contribution in [0.25, 0.3) is 0 Å². The van der Waals surface area contributed by atoms with Crippen LogP contribution in [-0.2, 0) is 0 Å². The normalized spacial score (nSPS) is 14.0. The molecule has 29 heavy (non-hydrogen) atoms. The van der Waals surface area contributed by atoms with Crippen molar-refractivity contribution < 1.29 is 13.6 Å². The monoisotopic (exact) mass is 395 g/mol. The fourth-order valence-electron chi connectivity index (χ4n) is 3.20. The van der Waals surface area contributed by atoms with Crippen LogP contribution in [0.15, 0.2) is 60.7 Å². The molecule has 6 nitrogen and oxygen atoms in total. The summed E-state index contributed by atoms with van der Waals surface area (Å²) >= 11 is 0. The highest BCUT2D eigenvalue weighted by atomic mass is 19.1. The quantitative estimate of drug-likeness (QED) is 0.733. The van der Waals surface area contributed by atoms with Gasteiger partial charge in [0, 0.05) is 31.9 Å². The number of benzene rings is 2. The van der Waals surface area contributed by atoms with Gasteiger partial charge in [-0.15, -0.1) is 10.2 Å². The third-order valence-electron chi connectivity index (χ3n) is 4.78. The minimum atomic E-state index is -0.395. The maximum Gasteiger partial charge on any atom is 0.274 e. The van der Waals surface area contributed by atoms with Gasteiger partial charge in [0.15, 0.2) is 11.5 Å². The van der Waals surface area contributed by atoms with E-state index in [1.54, 1.807) is 47.4 Å². The molecule has 4 rings (SSSR count). The lowest BCUT2D eigenvalue weighted by Crippen LogP contribution is -2.49. The molecule has 1 fully saturated rings. The Morgan fingerprint density at radius 1 is 0.862 bits per heavy atom. The van der Waals surface area contributed by atoms with Gasteiger partial charge in [0.1, 0.15) is 11.6 Å². The van der Waals surface area contributed by atoms with Gasteiger partial charge in [-0.05, 0) is 48.5 Å². The zero-order chi connectivity index (χ0) is 20.2. The fraction of sp³-hybridized carbons (Fsp3) is 0.190. The van der Waals surface area contributed by atoms with E-state index in [0.717, 1.165) is 5.69 Å². The van der Waals surface area contributed by atoms with Crippen LogP contribution in [0, 0.1) is 11.6 Å². The largest absolute Gasteiger partial charge is 0.368 e. The van der Waals surface area contributed by atoms with Crippen molar-refractivity contribution in [3.63, 3.8) is 0 Å². The molecule has 0 atom stereocenters. The molecule has 0 radical (unpaired) electrons. The standard InChI is InChI=1S/C21H19F2N5O/c22-15-5-7-16(8-6-15)27-11-13-28(14-12-27)21(29)19-9-10-20(26-25-19)24-18-4-2-1-3-17(18)23/h1-10H,11-14H2,(H,24,26). The number of para-hydroxylation sites is 1. The van der Waals surface area contributed by atoms with Crippen LogP contribution in [0.4, 0.5) is 26.0 Å². The molecule has 0 bridgehead atoms. The highest BCUT2D eigenvalue weighted by Gasteiger charge is 2.23. The van der Waals surface area contributed by atoms with Gasteiger partial charge in [-0.25, -0.2) is 8.78 Å². The summed E-state index contributed by atoms with van der Waals surface area (Å²) in [5.74, 6) is -0.510. The van der Waals surface area contributed by atoms with Crippen molar-refractivity contribution in [1.29, 1.82) is 0 Å². The lowest BCUT2D eigenvalue weighted by atomic mass is 10.2. The molecule has 1 saturated heterocycles. The van der Waals surface area contributed by atoms with E-state index in [9.17, 15) is 13.6 Å². The first-order valence-corrected chi connectivity index (χ1v) is 9.25.